The van der Waals surface area contributed by atoms with Gasteiger partial charge < -0.3 is 19.3 Å². The number of hydrogen-bond acceptors (Lipinski definition) is 6. The Kier molecular flexibility index (Phi) is 31.1. The molecule has 0 bridgehead atoms. The van der Waals surface area contributed by atoms with Crippen LogP contribution in [0.5, 0.6) is 0 Å². The van der Waals surface area contributed by atoms with Crippen LogP contribution >= 0.6 is 0 Å². The van der Waals surface area contributed by atoms with Gasteiger partial charge in [0.2, 0.25) is 0 Å². The standard InChI is InChI=1S/C37H74BNO5/c1-6-10-14-18-20-24-28-34(26-22-16-12-8-3)36(40)43-32-30-39(38(5)42)31-33-44-37(41)35(27-23-17-13-9-4)29-25-21-19-15-11-7-2/h34-35,42H,6-33H2,1-5H3. The molecule has 0 saturated heterocycles. The molecule has 0 rings (SSSR count). The van der Waals surface area contributed by atoms with Gasteiger partial charge in [-0.05, 0) is 32.5 Å². The van der Waals surface area contributed by atoms with E-state index < -0.39 is 7.05 Å². The number of rotatable bonds is 33. The Hall–Kier alpha value is -1.08. The van der Waals surface area contributed by atoms with Crippen LogP contribution in [0, 0.1) is 11.8 Å². The van der Waals surface area contributed by atoms with Crippen molar-refractivity contribution >= 4 is 19.0 Å². The Balaban J connectivity index is 4.70. The van der Waals surface area contributed by atoms with Gasteiger partial charge in [0.1, 0.15) is 13.2 Å². The van der Waals surface area contributed by atoms with Gasteiger partial charge in [0.05, 0.1) is 11.8 Å². The Morgan fingerprint density at radius 3 is 1.09 bits per heavy atom. The number of esters is 2. The normalized spacial score (nSPS) is 12.8. The zero-order valence-corrected chi connectivity index (χ0v) is 30.1. The van der Waals surface area contributed by atoms with E-state index in [1.807, 2.05) is 4.81 Å². The minimum Gasteiger partial charge on any atom is -0.464 e. The average Bonchev–Trinajstić information content (AvgIpc) is 3.01. The van der Waals surface area contributed by atoms with E-state index in [2.05, 4.69) is 27.7 Å². The first-order valence-electron chi connectivity index (χ1n) is 19.2. The van der Waals surface area contributed by atoms with Crippen LogP contribution in [0.3, 0.4) is 0 Å². The van der Waals surface area contributed by atoms with E-state index in [-0.39, 0.29) is 37.0 Å². The zero-order chi connectivity index (χ0) is 32.7. The van der Waals surface area contributed by atoms with Crippen LogP contribution in [0.4, 0.5) is 0 Å². The smallest absolute Gasteiger partial charge is 0.376 e. The molecule has 2 atom stereocenters. The van der Waals surface area contributed by atoms with Crippen LogP contribution in [-0.4, -0.2) is 55.1 Å². The third-order valence-electron chi connectivity index (χ3n) is 9.07. The van der Waals surface area contributed by atoms with Gasteiger partial charge in [-0.25, -0.2) is 0 Å². The monoisotopic (exact) mass is 624 g/mol. The van der Waals surface area contributed by atoms with Gasteiger partial charge in [0.15, 0.2) is 0 Å². The third-order valence-corrected chi connectivity index (χ3v) is 9.07. The van der Waals surface area contributed by atoms with Crippen LogP contribution in [0.2, 0.25) is 6.82 Å². The lowest BCUT2D eigenvalue weighted by atomic mass is 9.85. The maximum absolute atomic E-state index is 13.0. The lowest BCUT2D eigenvalue weighted by molar-refractivity contribution is -0.149. The predicted molar refractivity (Wildman–Crippen MR) is 188 cm³/mol. The second-order valence-corrected chi connectivity index (χ2v) is 13.2. The first-order valence-corrected chi connectivity index (χ1v) is 19.2. The van der Waals surface area contributed by atoms with Gasteiger partial charge >= 0.3 is 19.0 Å². The molecule has 0 aromatic heterocycles. The van der Waals surface area contributed by atoms with Crippen molar-refractivity contribution in [2.45, 2.75) is 189 Å². The molecule has 0 aliphatic heterocycles. The lowest BCUT2D eigenvalue weighted by Crippen LogP contribution is -2.42. The zero-order valence-electron chi connectivity index (χ0n) is 30.1. The second-order valence-electron chi connectivity index (χ2n) is 13.2. The Morgan fingerprint density at radius 2 is 0.795 bits per heavy atom. The molecule has 0 radical (unpaired) electrons. The molecule has 0 aliphatic carbocycles. The third kappa shape index (κ3) is 25.2. The van der Waals surface area contributed by atoms with Crippen molar-refractivity contribution in [1.82, 2.24) is 4.81 Å². The Labute approximate surface area is 274 Å². The minimum absolute atomic E-state index is 0.0279. The first-order chi connectivity index (χ1) is 21.4. The number of unbranched alkanes of at least 4 members (excludes halogenated alkanes) is 16. The van der Waals surface area contributed by atoms with Crippen molar-refractivity contribution in [2.24, 2.45) is 11.8 Å². The van der Waals surface area contributed by atoms with Gasteiger partial charge in [-0.15, -0.1) is 0 Å². The van der Waals surface area contributed by atoms with Crippen molar-refractivity contribution in [3.05, 3.63) is 0 Å². The van der Waals surface area contributed by atoms with Gasteiger partial charge in [-0.3, -0.25) is 9.59 Å². The van der Waals surface area contributed by atoms with Gasteiger partial charge in [-0.1, -0.05) is 156 Å². The fourth-order valence-electron chi connectivity index (χ4n) is 5.99. The Bertz CT molecular complexity index is 597. The van der Waals surface area contributed by atoms with Gasteiger partial charge in [0, 0.05) is 13.1 Å². The number of ether oxygens (including phenoxy) is 2. The summed E-state index contributed by atoms with van der Waals surface area (Å²) in [6.07, 6.45) is 27.6. The van der Waals surface area contributed by atoms with Crippen molar-refractivity contribution in [2.75, 3.05) is 26.3 Å². The molecule has 0 heterocycles. The van der Waals surface area contributed by atoms with Crippen molar-refractivity contribution < 1.29 is 24.1 Å². The van der Waals surface area contributed by atoms with E-state index in [0.29, 0.717) is 13.1 Å². The number of hydrogen-bond donors (Lipinski definition) is 1. The minimum atomic E-state index is -0.701. The van der Waals surface area contributed by atoms with E-state index in [9.17, 15) is 14.6 Å². The van der Waals surface area contributed by atoms with E-state index in [1.54, 1.807) is 6.82 Å². The van der Waals surface area contributed by atoms with E-state index in [1.165, 1.54) is 103 Å². The first kappa shape index (κ1) is 42.9. The van der Waals surface area contributed by atoms with Gasteiger partial charge in [-0.2, -0.15) is 0 Å². The van der Waals surface area contributed by atoms with Crippen LogP contribution in [0.1, 0.15) is 182 Å². The summed E-state index contributed by atoms with van der Waals surface area (Å²) in [7, 11) is -0.701. The fourth-order valence-corrected chi connectivity index (χ4v) is 5.99. The van der Waals surface area contributed by atoms with Crippen LogP contribution in [0.25, 0.3) is 0 Å². The summed E-state index contributed by atoms with van der Waals surface area (Å²) in [6.45, 7) is 12.0. The lowest BCUT2D eigenvalue weighted by Gasteiger charge is -2.24. The van der Waals surface area contributed by atoms with Crippen molar-refractivity contribution in [3.63, 3.8) is 0 Å². The highest BCUT2D eigenvalue weighted by Gasteiger charge is 2.23. The largest absolute Gasteiger partial charge is 0.464 e. The summed E-state index contributed by atoms with van der Waals surface area (Å²) in [5.41, 5.74) is 0. The second kappa shape index (κ2) is 31.9. The Morgan fingerprint density at radius 1 is 0.523 bits per heavy atom. The SMILES string of the molecule is CCCCCCCCC(CCCCCC)C(=O)OCCN(CCOC(=O)C(CCCCCC)CCCCCCCC)B(C)O. The van der Waals surface area contributed by atoms with Crippen molar-refractivity contribution in [1.29, 1.82) is 0 Å². The van der Waals surface area contributed by atoms with Gasteiger partial charge in [0.25, 0.3) is 0 Å². The molecule has 6 nitrogen and oxygen atoms in total. The highest BCUT2D eigenvalue weighted by Crippen LogP contribution is 2.22. The highest BCUT2D eigenvalue weighted by molar-refractivity contribution is 6.45. The molecule has 0 fully saturated rings. The highest BCUT2D eigenvalue weighted by atomic mass is 16.5. The molecule has 260 valence electrons. The summed E-state index contributed by atoms with van der Waals surface area (Å²) in [5.74, 6) is -0.236. The predicted octanol–water partition coefficient (Wildman–Crippen LogP) is 10.2. The number of carbonyl (C=O) groups is 2. The van der Waals surface area contributed by atoms with Crippen molar-refractivity contribution in [3.8, 4) is 0 Å². The van der Waals surface area contributed by atoms with Crippen LogP contribution in [-0.2, 0) is 19.1 Å². The van der Waals surface area contributed by atoms with E-state index in [4.69, 9.17) is 9.47 Å². The number of nitrogens with zero attached hydrogens (tertiary/aromatic N) is 1. The molecule has 0 aromatic rings. The molecular weight excluding hydrogens is 549 g/mol. The number of carbonyl (C=O) groups excluding carboxylic acids is 2. The molecule has 2 unspecified atom stereocenters. The molecule has 0 amide bonds. The topological polar surface area (TPSA) is 76.1 Å². The average molecular weight is 624 g/mol. The van der Waals surface area contributed by atoms with Crippen LogP contribution < -0.4 is 0 Å². The fraction of sp³-hybridized carbons (Fsp3) is 0.946. The van der Waals surface area contributed by atoms with Crippen LogP contribution in [0.15, 0.2) is 0 Å². The molecule has 0 spiro atoms. The summed E-state index contributed by atoms with van der Waals surface area (Å²) in [5, 5.41) is 10.3. The molecular formula is C37H74BNO5. The van der Waals surface area contributed by atoms with E-state index >= 15 is 0 Å². The summed E-state index contributed by atoms with van der Waals surface area (Å²) >= 11 is 0. The molecule has 0 saturated carbocycles. The molecule has 7 heteroatoms. The summed E-state index contributed by atoms with van der Waals surface area (Å²) in [6, 6.07) is 0. The quantitative estimate of drug-likeness (QED) is 0.0445. The molecule has 0 aromatic carbocycles. The summed E-state index contributed by atoms with van der Waals surface area (Å²) < 4.78 is 11.5. The maximum Gasteiger partial charge on any atom is 0.376 e. The maximum atomic E-state index is 13.0. The molecule has 1 N–H and O–H groups in total. The molecule has 44 heavy (non-hydrogen) atoms. The molecule has 0 aliphatic rings. The summed E-state index contributed by atoms with van der Waals surface area (Å²) in [4.78, 5) is 27.9. The van der Waals surface area contributed by atoms with E-state index in [0.717, 1.165) is 51.4 Å².